The normalized spacial score (nSPS) is 10.3. The van der Waals surface area contributed by atoms with E-state index in [4.69, 9.17) is 16.3 Å². The van der Waals surface area contributed by atoms with E-state index < -0.39 is 0 Å². The summed E-state index contributed by atoms with van der Waals surface area (Å²) in [6.45, 7) is 1.99. The number of carbonyl (C=O) groups excluding carboxylic acids is 2. The molecule has 0 aliphatic heterocycles. The number of halogens is 1. The Balaban J connectivity index is 1.59. The fourth-order valence-electron chi connectivity index (χ4n) is 2.71. The quantitative estimate of drug-likeness (QED) is 0.600. The summed E-state index contributed by atoms with van der Waals surface area (Å²) in [6, 6.07) is 21.9. The van der Waals surface area contributed by atoms with Crippen LogP contribution in [0.4, 0.5) is 5.69 Å². The lowest BCUT2D eigenvalue weighted by atomic mass is 10.2. The largest absolute Gasteiger partial charge is 0.488 e. The number of anilines is 1. The second kappa shape index (κ2) is 9.75. The van der Waals surface area contributed by atoms with Gasteiger partial charge >= 0.3 is 0 Å². The highest BCUT2D eigenvalue weighted by Gasteiger charge is 2.14. The lowest BCUT2D eigenvalue weighted by Crippen LogP contribution is -2.33. The molecule has 0 unspecified atom stereocenters. The van der Waals surface area contributed by atoms with Gasteiger partial charge < -0.3 is 15.4 Å². The number of amides is 2. The minimum absolute atomic E-state index is 0.169. The van der Waals surface area contributed by atoms with Gasteiger partial charge in [0.25, 0.3) is 5.91 Å². The van der Waals surface area contributed by atoms with Crippen molar-refractivity contribution in [3.63, 3.8) is 0 Å². The van der Waals surface area contributed by atoms with Crippen LogP contribution in [0.15, 0.2) is 72.8 Å². The van der Waals surface area contributed by atoms with Crippen LogP contribution in [-0.2, 0) is 11.4 Å². The molecule has 2 N–H and O–H groups in total. The van der Waals surface area contributed by atoms with Crippen LogP contribution in [0.5, 0.6) is 5.75 Å². The first-order valence-corrected chi connectivity index (χ1v) is 9.51. The number of ether oxygens (including phenoxy) is 1. The first-order chi connectivity index (χ1) is 14.0. The van der Waals surface area contributed by atoms with E-state index in [1.54, 1.807) is 42.5 Å². The maximum atomic E-state index is 12.6. The molecule has 3 aromatic carbocycles. The zero-order chi connectivity index (χ0) is 20.6. The van der Waals surface area contributed by atoms with Crippen molar-refractivity contribution in [1.29, 1.82) is 0 Å². The highest BCUT2D eigenvalue weighted by atomic mass is 35.5. The number of rotatable bonds is 7. The fourth-order valence-corrected chi connectivity index (χ4v) is 2.88. The Morgan fingerprint density at radius 1 is 0.931 bits per heavy atom. The van der Waals surface area contributed by atoms with Crippen molar-refractivity contribution in [3.05, 3.63) is 94.5 Å². The van der Waals surface area contributed by atoms with Crippen LogP contribution in [-0.4, -0.2) is 18.4 Å². The molecule has 0 heterocycles. The van der Waals surface area contributed by atoms with Crippen LogP contribution in [0.2, 0.25) is 5.02 Å². The third kappa shape index (κ3) is 5.59. The molecule has 5 nitrogen and oxygen atoms in total. The van der Waals surface area contributed by atoms with Crippen LogP contribution in [0, 0.1) is 6.92 Å². The summed E-state index contributed by atoms with van der Waals surface area (Å²) in [5, 5.41) is 5.94. The average Bonchev–Trinajstić information content (AvgIpc) is 2.75. The van der Waals surface area contributed by atoms with Crippen LogP contribution in [0.1, 0.15) is 21.5 Å². The zero-order valence-corrected chi connectivity index (χ0v) is 16.7. The summed E-state index contributed by atoms with van der Waals surface area (Å²) in [6.07, 6.45) is 0. The summed E-state index contributed by atoms with van der Waals surface area (Å²) < 4.78 is 5.80. The van der Waals surface area contributed by atoms with E-state index in [0.717, 1.165) is 11.1 Å². The topological polar surface area (TPSA) is 67.4 Å². The standard InChI is InChI=1S/C23H21ClN2O3/c1-16-19(24)11-7-12-20(16)26-22(27)14-25-23(28)18-10-5-6-13-21(18)29-15-17-8-3-2-4-9-17/h2-13H,14-15H2,1H3,(H,25,28)(H,26,27). The molecule has 3 aromatic rings. The Labute approximate surface area is 174 Å². The molecule has 0 saturated carbocycles. The molecule has 0 aliphatic rings. The molecule has 0 bridgehead atoms. The number of carbonyl (C=O) groups is 2. The highest BCUT2D eigenvalue weighted by molar-refractivity contribution is 6.31. The van der Waals surface area contributed by atoms with Crippen molar-refractivity contribution in [3.8, 4) is 5.75 Å². The van der Waals surface area contributed by atoms with E-state index in [0.29, 0.717) is 28.6 Å². The predicted octanol–water partition coefficient (Wildman–Crippen LogP) is 4.60. The Hall–Kier alpha value is -3.31. The smallest absolute Gasteiger partial charge is 0.255 e. The predicted molar refractivity (Wildman–Crippen MR) is 114 cm³/mol. The SMILES string of the molecule is Cc1c(Cl)cccc1NC(=O)CNC(=O)c1ccccc1OCc1ccccc1. The molecule has 0 atom stereocenters. The van der Waals surface area contributed by atoms with Crippen LogP contribution in [0.3, 0.4) is 0 Å². The molecule has 6 heteroatoms. The molecule has 148 valence electrons. The van der Waals surface area contributed by atoms with Gasteiger partial charge in [0.15, 0.2) is 0 Å². The summed E-state index contributed by atoms with van der Waals surface area (Å²) in [7, 11) is 0. The van der Waals surface area contributed by atoms with Gasteiger partial charge in [-0.2, -0.15) is 0 Å². The number of nitrogens with one attached hydrogen (secondary N) is 2. The van der Waals surface area contributed by atoms with Gasteiger partial charge in [0, 0.05) is 10.7 Å². The monoisotopic (exact) mass is 408 g/mol. The molecule has 0 radical (unpaired) electrons. The van der Waals surface area contributed by atoms with Crippen LogP contribution in [0.25, 0.3) is 0 Å². The molecule has 0 saturated heterocycles. The summed E-state index contributed by atoms with van der Waals surface area (Å²) in [4.78, 5) is 24.8. The molecular formula is C23H21ClN2O3. The molecule has 0 fully saturated rings. The first kappa shape index (κ1) is 20.4. The van der Waals surface area contributed by atoms with Gasteiger partial charge in [-0.15, -0.1) is 0 Å². The zero-order valence-electron chi connectivity index (χ0n) is 15.9. The van der Waals surface area contributed by atoms with Gasteiger partial charge in [-0.25, -0.2) is 0 Å². The summed E-state index contributed by atoms with van der Waals surface area (Å²) in [5.74, 6) is -0.266. The number of hydrogen-bond acceptors (Lipinski definition) is 3. The minimum Gasteiger partial charge on any atom is -0.488 e. The lowest BCUT2D eigenvalue weighted by Gasteiger charge is -2.13. The Morgan fingerprint density at radius 3 is 2.45 bits per heavy atom. The van der Waals surface area contributed by atoms with E-state index in [1.165, 1.54) is 0 Å². The number of hydrogen-bond donors (Lipinski definition) is 2. The minimum atomic E-state index is -0.383. The van der Waals surface area contributed by atoms with E-state index in [9.17, 15) is 9.59 Å². The molecule has 0 spiro atoms. The molecule has 0 aromatic heterocycles. The van der Waals surface area contributed by atoms with Crippen LogP contribution >= 0.6 is 11.6 Å². The van der Waals surface area contributed by atoms with Gasteiger partial charge in [-0.05, 0) is 42.3 Å². The van der Waals surface area contributed by atoms with Gasteiger partial charge in [-0.1, -0.05) is 60.1 Å². The molecular weight excluding hydrogens is 388 g/mol. The molecule has 0 aliphatic carbocycles. The Morgan fingerprint density at radius 2 is 1.66 bits per heavy atom. The van der Waals surface area contributed by atoms with Gasteiger partial charge in [0.1, 0.15) is 12.4 Å². The Bertz CT molecular complexity index is 1010. The fraction of sp³-hybridized carbons (Fsp3) is 0.130. The molecule has 2 amide bonds. The lowest BCUT2D eigenvalue weighted by molar-refractivity contribution is -0.115. The van der Waals surface area contributed by atoms with Crippen molar-refractivity contribution in [2.45, 2.75) is 13.5 Å². The summed E-state index contributed by atoms with van der Waals surface area (Å²) in [5.41, 5.74) is 2.76. The second-order valence-corrected chi connectivity index (χ2v) is 6.82. The first-order valence-electron chi connectivity index (χ1n) is 9.13. The van der Waals surface area contributed by atoms with E-state index in [1.807, 2.05) is 37.3 Å². The third-order valence-corrected chi connectivity index (χ3v) is 4.73. The van der Waals surface area contributed by atoms with Crippen LogP contribution < -0.4 is 15.4 Å². The number of para-hydroxylation sites is 1. The summed E-state index contributed by atoms with van der Waals surface area (Å²) >= 11 is 6.06. The second-order valence-electron chi connectivity index (χ2n) is 6.41. The Kier molecular flexibility index (Phi) is 6.87. The van der Waals surface area contributed by atoms with Gasteiger partial charge in [0.05, 0.1) is 12.1 Å². The van der Waals surface area contributed by atoms with Crippen molar-refractivity contribution < 1.29 is 14.3 Å². The van der Waals surface area contributed by atoms with Crippen molar-refractivity contribution >= 4 is 29.1 Å². The van der Waals surface area contributed by atoms with E-state index >= 15 is 0 Å². The maximum absolute atomic E-state index is 12.6. The average molecular weight is 409 g/mol. The van der Waals surface area contributed by atoms with Gasteiger partial charge in [0.2, 0.25) is 5.91 Å². The van der Waals surface area contributed by atoms with E-state index in [2.05, 4.69) is 10.6 Å². The van der Waals surface area contributed by atoms with Crippen molar-refractivity contribution in [2.75, 3.05) is 11.9 Å². The van der Waals surface area contributed by atoms with E-state index in [-0.39, 0.29) is 18.4 Å². The molecule has 3 rings (SSSR count). The molecule has 29 heavy (non-hydrogen) atoms. The van der Waals surface area contributed by atoms with Crippen molar-refractivity contribution in [1.82, 2.24) is 5.32 Å². The maximum Gasteiger partial charge on any atom is 0.255 e. The number of benzene rings is 3. The third-order valence-electron chi connectivity index (χ3n) is 4.32. The highest BCUT2D eigenvalue weighted by Crippen LogP contribution is 2.23. The van der Waals surface area contributed by atoms with Crippen molar-refractivity contribution in [2.24, 2.45) is 0 Å². The van der Waals surface area contributed by atoms with Gasteiger partial charge in [-0.3, -0.25) is 9.59 Å².